The van der Waals surface area contributed by atoms with E-state index in [0.29, 0.717) is 12.0 Å². The molecule has 1 nitrogen and oxygen atoms in total. The Morgan fingerprint density at radius 1 is 1.25 bits per heavy atom. The average Bonchev–Trinajstić information content (AvgIpc) is 2.29. The Balaban J connectivity index is 2.32. The summed E-state index contributed by atoms with van der Waals surface area (Å²) in [6.45, 7) is 8.02. The highest BCUT2D eigenvalue weighted by molar-refractivity contribution is 5.35. The molecule has 1 aromatic rings. The summed E-state index contributed by atoms with van der Waals surface area (Å²) in [4.78, 5) is 0. The summed E-state index contributed by atoms with van der Waals surface area (Å²) in [7, 11) is 0. The summed E-state index contributed by atoms with van der Waals surface area (Å²) in [6, 6.07) is 9.53. The van der Waals surface area contributed by atoms with Gasteiger partial charge in [-0.2, -0.15) is 0 Å². The van der Waals surface area contributed by atoms with Gasteiger partial charge in [-0.3, -0.25) is 0 Å². The average molecular weight is 217 g/mol. The van der Waals surface area contributed by atoms with Gasteiger partial charge < -0.3 is 5.32 Å². The predicted octanol–water partition coefficient (Wildman–Crippen LogP) is 3.87. The van der Waals surface area contributed by atoms with Crippen molar-refractivity contribution in [2.75, 3.05) is 6.54 Å². The van der Waals surface area contributed by atoms with Crippen LogP contribution < -0.4 is 5.32 Å². The molecule has 0 saturated carbocycles. The zero-order valence-corrected chi connectivity index (χ0v) is 10.7. The molecule has 0 amide bonds. The van der Waals surface area contributed by atoms with Crippen LogP contribution in [0.5, 0.6) is 0 Å². The summed E-state index contributed by atoms with van der Waals surface area (Å²) < 4.78 is 0. The Morgan fingerprint density at radius 3 is 2.56 bits per heavy atom. The molecule has 0 aromatic heterocycles. The molecule has 0 bridgehead atoms. The molecule has 1 aromatic carbocycles. The minimum absolute atomic E-state index is 0.546. The summed E-state index contributed by atoms with van der Waals surface area (Å²) in [6.07, 6.45) is 2.57. The molecular weight excluding hydrogens is 194 g/mol. The third-order valence-electron chi connectivity index (χ3n) is 3.66. The summed E-state index contributed by atoms with van der Waals surface area (Å²) >= 11 is 0. The Bertz CT molecular complexity index is 343. The molecule has 2 atom stereocenters. The van der Waals surface area contributed by atoms with Gasteiger partial charge in [0.2, 0.25) is 0 Å². The van der Waals surface area contributed by atoms with Crippen LogP contribution in [-0.2, 0) is 0 Å². The SMILES string of the molecule is CCCC1CNC(C(C)C)c2ccccc21. The van der Waals surface area contributed by atoms with Crippen LogP contribution in [0.2, 0.25) is 0 Å². The van der Waals surface area contributed by atoms with Crippen molar-refractivity contribution in [1.82, 2.24) is 5.32 Å². The fourth-order valence-corrected chi connectivity index (χ4v) is 2.86. The first kappa shape index (κ1) is 11.7. The van der Waals surface area contributed by atoms with Gasteiger partial charge in [0.15, 0.2) is 0 Å². The lowest BCUT2D eigenvalue weighted by molar-refractivity contribution is 0.362. The molecule has 2 rings (SSSR count). The smallest absolute Gasteiger partial charge is 0.0346 e. The summed E-state index contributed by atoms with van der Waals surface area (Å²) in [5.74, 6) is 1.39. The second-order valence-electron chi connectivity index (χ2n) is 5.24. The van der Waals surface area contributed by atoms with Gasteiger partial charge in [0, 0.05) is 12.6 Å². The highest BCUT2D eigenvalue weighted by atomic mass is 14.9. The van der Waals surface area contributed by atoms with Gasteiger partial charge in [-0.25, -0.2) is 0 Å². The summed E-state index contributed by atoms with van der Waals surface area (Å²) in [5, 5.41) is 3.71. The van der Waals surface area contributed by atoms with E-state index in [2.05, 4.69) is 50.4 Å². The van der Waals surface area contributed by atoms with Crippen molar-refractivity contribution < 1.29 is 0 Å². The van der Waals surface area contributed by atoms with Gasteiger partial charge in [-0.1, -0.05) is 51.5 Å². The van der Waals surface area contributed by atoms with E-state index in [0.717, 1.165) is 12.5 Å². The van der Waals surface area contributed by atoms with Gasteiger partial charge in [0.1, 0.15) is 0 Å². The first-order chi connectivity index (χ1) is 7.74. The van der Waals surface area contributed by atoms with Crippen molar-refractivity contribution in [2.45, 2.75) is 45.6 Å². The maximum atomic E-state index is 3.71. The van der Waals surface area contributed by atoms with E-state index < -0.39 is 0 Å². The molecule has 1 heterocycles. The molecule has 88 valence electrons. The molecule has 0 saturated heterocycles. The Hall–Kier alpha value is -0.820. The second-order valence-corrected chi connectivity index (χ2v) is 5.24. The third-order valence-corrected chi connectivity index (χ3v) is 3.66. The zero-order chi connectivity index (χ0) is 11.5. The van der Waals surface area contributed by atoms with Crippen LogP contribution in [0, 0.1) is 5.92 Å². The predicted molar refractivity (Wildman–Crippen MR) is 69.7 cm³/mol. The van der Waals surface area contributed by atoms with Gasteiger partial charge in [-0.05, 0) is 29.4 Å². The van der Waals surface area contributed by atoms with E-state index in [-0.39, 0.29) is 0 Å². The fraction of sp³-hybridized carbons (Fsp3) is 0.600. The Kier molecular flexibility index (Phi) is 3.65. The molecule has 0 spiro atoms. The van der Waals surface area contributed by atoms with Crippen molar-refractivity contribution in [2.24, 2.45) is 5.92 Å². The first-order valence-corrected chi connectivity index (χ1v) is 6.56. The lowest BCUT2D eigenvalue weighted by atomic mass is 9.81. The zero-order valence-electron chi connectivity index (χ0n) is 10.7. The largest absolute Gasteiger partial charge is 0.309 e. The van der Waals surface area contributed by atoms with E-state index in [1.165, 1.54) is 18.4 Å². The minimum Gasteiger partial charge on any atom is -0.309 e. The third kappa shape index (κ3) is 2.15. The highest BCUT2D eigenvalue weighted by Crippen LogP contribution is 2.35. The summed E-state index contributed by atoms with van der Waals surface area (Å²) in [5.41, 5.74) is 3.11. The highest BCUT2D eigenvalue weighted by Gasteiger charge is 2.27. The minimum atomic E-state index is 0.546. The lowest BCUT2D eigenvalue weighted by Gasteiger charge is -2.35. The molecule has 16 heavy (non-hydrogen) atoms. The fourth-order valence-electron chi connectivity index (χ4n) is 2.86. The number of hydrogen-bond acceptors (Lipinski definition) is 1. The molecule has 1 aliphatic heterocycles. The van der Waals surface area contributed by atoms with Gasteiger partial charge >= 0.3 is 0 Å². The van der Waals surface area contributed by atoms with Crippen molar-refractivity contribution in [3.05, 3.63) is 35.4 Å². The molecule has 1 N–H and O–H groups in total. The van der Waals surface area contributed by atoms with Gasteiger partial charge in [0.05, 0.1) is 0 Å². The van der Waals surface area contributed by atoms with Crippen LogP contribution in [0.3, 0.4) is 0 Å². The van der Waals surface area contributed by atoms with Crippen LogP contribution >= 0.6 is 0 Å². The molecule has 1 aliphatic rings. The second kappa shape index (κ2) is 5.01. The maximum absolute atomic E-state index is 3.71. The monoisotopic (exact) mass is 217 g/mol. The van der Waals surface area contributed by atoms with E-state index in [9.17, 15) is 0 Å². The van der Waals surface area contributed by atoms with Crippen LogP contribution in [0.15, 0.2) is 24.3 Å². The Morgan fingerprint density at radius 2 is 1.94 bits per heavy atom. The van der Waals surface area contributed by atoms with E-state index >= 15 is 0 Å². The number of benzene rings is 1. The molecule has 0 fully saturated rings. The lowest BCUT2D eigenvalue weighted by Crippen LogP contribution is -2.35. The first-order valence-electron chi connectivity index (χ1n) is 6.56. The van der Waals surface area contributed by atoms with Crippen LogP contribution in [-0.4, -0.2) is 6.54 Å². The quantitative estimate of drug-likeness (QED) is 0.810. The van der Waals surface area contributed by atoms with Crippen molar-refractivity contribution >= 4 is 0 Å². The normalized spacial score (nSPS) is 24.5. The molecule has 0 radical (unpaired) electrons. The number of fused-ring (bicyclic) bond motifs is 1. The van der Waals surface area contributed by atoms with Gasteiger partial charge in [0.25, 0.3) is 0 Å². The maximum Gasteiger partial charge on any atom is 0.0346 e. The molecule has 2 unspecified atom stereocenters. The van der Waals surface area contributed by atoms with Crippen molar-refractivity contribution in [1.29, 1.82) is 0 Å². The van der Waals surface area contributed by atoms with Crippen LogP contribution in [0.25, 0.3) is 0 Å². The van der Waals surface area contributed by atoms with Crippen LogP contribution in [0.1, 0.15) is 56.7 Å². The number of hydrogen-bond donors (Lipinski definition) is 1. The molecule has 1 heteroatoms. The standard InChI is InChI=1S/C15H23N/c1-4-7-12-10-16-15(11(2)3)14-9-6-5-8-13(12)14/h5-6,8-9,11-12,15-16H,4,7,10H2,1-3H3. The van der Waals surface area contributed by atoms with Crippen molar-refractivity contribution in [3.8, 4) is 0 Å². The van der Waals surface area contributed by atoms with E-state index in [1.807, 2.05) is 0 Å². The van der Waals surface area contributed by atoms with E-state index in [4.69, 9.17) is 0 Å². The molecular formula is C15H23N. The number of nitrogens with one attached hydrogen (secondary N) is 1. The topological polar surface area (TPSA) is 12.0 Å². The van der Waals surface area contributed by atoms with Crippen molar-refractivity contribution in [3.63, 3.8) is 0 Å². The van der Waals surface area contributed by atoms with Gasteiger partial charge in [-0.15, -0.1) is 0 Å². The van der Waals surface area contributed by atoms with Crippen LogP contribution in [0.4, 0.5) is 0 Å². The molecule has 0 aliphatic carbocycles. The Labute approximate surface area is 99.3 Å². The van der Waals surface area contributed by atoms with E-state index in [1.54, 1.807) is 5.56 Å². The number of rotatable bonds is 3.